The summed E-state index contributed by atoms with van der Waals surface area (Å²) in [6.45, 7) is 6.00. The van der Waals surface area contributed by atoms with Gasteiger partial charge in [-0.05, 0) is 24.3 Å². The fourth-order valence-corrected chi connectivity index (χ4v) is 2.64. The summed E-state index contributed by atoms with van der Waals surface area (Å²) in [5.41, 5.74) is 0. The summed E-state index contributed by atoms with van der Waals surface area (Å²) in [7, 11) is -3.34. The first kappa shape index (κ1) is 13.2. The third kappa shape index (κ3) is 3.04. The van der Waals surface area contributed by atoms with Crippen LogP contribution in [0.15, 0.2) is 83.6 Å². The molecule has 0 unspecified atom stereocenters. The van der Waals surface area contributed by atoms with Gasteiger partial charge < -0.3 is 0 Å². The highest BCUT2D eigenvalue weighted by atomic mass is 32.2. The van der Waals surface area contributed by atoms with Crippen molar-refractivity contribution in [2.45, 2.75) is 9.79 Å². The van der Waals surface area contributed by atoms with Gasteiger partial charge in [0.2, 0.25) is 9.84 Å². The quantitative estimate of drug-likeness (QED) is 0.762. The zero-order valence-electron chi connectivity index (χ0n) is 9.41. The van der Waals surface area contributed by atoms with Crippen molar-refractivity contribution in [1.82, 2.24) is 0 Å². The standard InChI is InChI=1S/C12H10O2S.C2H4/c13-15(14,11-7-3-1-4-8-11)12-9-5-2-6-10-12;1-2/h1-10H;1-2H2. The Kier molecular flexibility index (Phi) is 4.67. The molecule has 0 aliphatic rings. The topological polar surface area (TPSA) is 34.1 Å². The average molecular weight is 246 g/mol. The van der Waals surface area contributed by atoms with Gasteiger partial charge in [0.05, 0.1) is 9.79 Å². The SMILES string of the molecule is C=C.O=S(=O)(c1ccccc1)c1ccccc1. The third-order valence-corrected chi connectivity index (χ3v) is 3.89. The summed E-state index contributed by atoms with van der Waals surface area (Å²) in [4.78, 5) is 0.660. The molecule has 2 rings (SSSR count). The Labute approximate surface area is 102 Å². The van der Waals surface area contributed by atoms with Crippen LogP contribution in [0, 0.1) is 0 Å². The largest absolute Gasteiger partial charge is 0.219 e. The van der Waals surface area contributed by atoms with Gasteiger partial charge in [0.15, 0.2) is 0 Å². The number of rotatable bonds is 2. The van der Waals surface area contributed by atoms with Gasteiger partial charge in [-0.25, -0.2) is 8.42 Å². The Morgan fingerprint density at radius 3 is 1.24 bits per heavy atom. The summed E-state index contributed by atoms with van der Waals surface area (Å²) < 4.78 is 24.1. The summed E-state index contributed by atoms with van der Waals surface area (Å²) in [5.74, 6) is 0. The first-order valence-corrected chi connectivity index (χ1v) is 6.55. The van der Waals surface area contributed by atoms with E-state index in [1.165, 1.54) is 0 Å². The highest BCUT2D eigenvalue weighted by Crippen LogP contribution is 2.19. The van der Waals surface area contributed by atoms with Gasteiger partial charge in [-0.3, -0.25) is 0 Å². The van der Waals surface area contributed by atoms with E-state index < -0.39 is 9.84 Å². The fraction of sp³-hybridized carbons (Fsp3) is 0. The zero-order chi connectivity index (χ0) is 12.7. The smallest absolute Gasteiger partial charge is 0.206 e. The molecular formula is C14H14O2S. The van der Waals surface area contributed by atoms with Gasteiger partial charge in [0, 0.05) is 0 Å². The third-order valence-electron chi connectivity index (χ3n) is 2.11. The molecule has 2 aromatic rings. The molecule has 0 atom stereocenters. The van der Waals surface area contributed by atoms with Gasteiger partial charge in [0.25, 0.3) is 0 Å². The van der Waals surface area contributed by atoms with E-state index >= 15 is 0 Å². The molecule has 2 nitrogen and oxygen atoms in total. The van der Waals surface area contributed by atoms with Gasteiger partial charge in [-0.2, -0.15) is 0 Å². The van der Waals surface area contributed by atoms with Gasteiger partial charge in [0.1, 0.15) is 0 Å². The molecular weight excluding hydrogens is 232 g/mol. The maximum Gasteiger partial charge on any atom is 0.206 e. The lowest BCUT2D eigenvalue weighted by Crippen LogP contribution is -2.00. The number of hydrogen-bond acceptors (Lipinski definition) is 2. The minimum Gasteiger partial charge on any atom is -0.219 e. The second-order valence-electron chi connectivity index (χ2n) is 3.13. The predicted octanol–water partition coefficient (Wildman–Crippen LogP) is 3.32. The second-order valence-corrected chi connectivity index (χ2v) is 5.08. The molecule has 0 bridgehead atoms. The number of sulfone groups is 1. The molecule has 2 aromatic carbocycles. The summed E-state index contributed by atoms with van der Waals surface area (Å²) in [5, 5.41) is 0. The van der Waals surface area contributed by atoms with E-state index in [4.69, 9.17) is 0 Å². The predicted molar refractivity (Wildman–Crippen MR) is 69.6 cm³/mol. The molecule has 17 heavy (non-hydrogen) atoms. The average Bonchev–Trinajstić information content (AvgIpc) is 2.43. The van der Waals surface area contributed by atoms with Crippen molar-refractivity contribution in [2.75, 3.05) is 0 Å². The van der Waals surface area contributed by atoms with E-state index in [9.17, 15) is 8.42 Å². The van der Waals surface area contributed by atoms with Crippen molar-refractivity contribution in [1.29, 1.82) is 0 Å². The van der Waals surface area contributed by atoms with Crippen LogP contribution in [0.5, 0.6) is 0 Å². The van der Waals surface area contributed by atoms with E-state index in [1.54, 1.807) is 60.7 Å². The zero-order valence-corrected chi connectivity index (χ0v) is 10.2. The minimum atomic E-state index is -3.34. The van der Waals surface area contributed by atoms with Crippen LogP contribution in [0.1, 0.15) is 0 Å². The molecule has 88 valence electrons. The molecule has 0 aliphatic carbocycles. The lowest BCUT2D eigenvalue weighted by Gasteiger charge is -2.03. The minimum absolute atomic E-state index is 0.330. The van der Waals surface area contributed by atoms with Crippen LogP contribution in [0.4, 0.5) is 0 Å². The van der Waals surface area contributed by atoms with Crippen LogP contribution in [0.2, 0.25) is 0 Å². The van der Waals surface area contributed by atoms with Crippen molar-refractivity contribution >= 4 is 9.84 Å². The molecule has 0 N–H and O–H groups in total. The van der Waals surface area contributed by atoms with Crippen LogP contribution >= 0.6 is 0 Å². The van der Waals surface area contributed by atoms with E-state index in [-0.39, 0.29) is 0 Å². The molecule has 0 saturated carbocycles. The van der Waals surface area contributed by atoms with E-state index in [0.29, 0.717) is 9.79 Å². The van der Waals surface area contributed by atoms with Crippen molar-refractivity contribution in [2.24, 2.45) is 0 Å². The highest BCUT2D eigenvalue weighted by Gasteiger charge is 2.15. The maximum atomic E-state index is 12.0. The fourth-order valence-electron chi connectivity index (χ4n) is 1.34. The second kappa shape index (κ2) is 6.01. The van der Waals surface area contributed by atoms with Crippen molar-refractivity contribution in [3.63, 3.8) is 0 Å². The molecule has 0 aliphatic heterocycles. The molecule has 0 radical (unpaired) electrons. The summed E-state index contributed by atoms with van der Waals surface area (Å²) >= 11 is 0. The monoisotopic (exact) mass is 246 g/mol. The molecule has 0 saturated heterocycles. The Bertz CT molecular complexity index is 500. The van der Waals surface area contributed by atoms with Crippen LogP contribution in [0.25, 0.3) is 0 Å². The van der Waals surface area contributed by atoms with Crippen LogP contribution in [-0.2, 0) is 9.84 Å². The number of benzene rings is 2. The molecule has 0 aromatic heterocycles. The Hall–Kier alpha value is -1.87. The van der Waals surface area contributed by atoms with Crippen molar-refractivity contribution < 1.29 is 8.42 Å². The van der Waals surface area contributed by atoms with E-state index in [1.807, 2.05) is 0 Å². The van der Waals surface area contributed by atoms with Gasteiger partial charge in [-0.15, -0.1) is 13.2 Å². The van der Waals surface area contributed by atoms with Crippen molar-refractivity contribution in [3.05, 3.63) is 73.8 Å². The lowest BCUT2D eigenvalue weighted by atomic mass is 10.4. The first-order valence-electron chi connectivity index (χ1n) is 5.06. The number of hydrogen-bond donors (Lipinski definition) is 0. The summed E-state index contributed by atoms with van der Waals surface area (Å²) in [6, 6.07) is 16.9. The van der Waals surface area contributed by atoms with Crippen LogP contribution < -0.4 is 0 Å². The maximum absolute atomic E-state index is 12.0. The van der Waals surface area contributed by atoms with Gasteiger partial charge >= 0.3 is 0 Å². The molecule has 0 heterocycles. The Balaban J connectivity index is 0.000000686. The Morgan fingerprint density at radius 1 is 0.647 bits per heavy atom. The molecule has 0 fully saturated rings. The molecule has 0 amide bonds. The normalized spacial score (nSPS) is 10.1. The molecule has 0 spiro atoms. The van der Waals surface area contributed by atoms with Gasteiger partial charge in [-0.1, -0.05) is 36.4 Å². The van der Waals surface area contributed by atoms with Crippen molar-refractivity contribution in [3.8, 4) is 0 Å². The Morgan fingerprint density at radius 2 is 0.941 bits per heavy atom. The first-order chi connectivity index (χ1) is 8.21. The molecule has 3 heteroatoms. The van der Waals surface area contributed by atoms with Crippen LogP contribution in [0.3, 0.4) is 0 Å². The van der Waals surface area contributed by atoms with E-state index in [2.05, 4.69) is 13.2 Å². The van der Waals surface area contributed by atoms with Crippen LogP contribution in [-0.4, -0.2) is 8.42 Å². The lowest BCUT2D eigenvalue weighted by molar-refractivity contribution is 0.596. The summed E-state index contributed by atoms with van der Waals surface area (Å²) in [6.07, 6.45) is 0. The highest BCUT2D eigenvalue weighted by molar-refractivity contribution is 7.91. The van der Waals surface area contributed by atoms with E-state index in [0.717, 1.165) is 0 Å².